The second-order valence-corrected chi connectivity index (χ2v) is 5.64. The van der Waals surface area contributed by atoms with Gasteiger partial charge in [0.25, 0.3) is 0 Å². The van der Waals surface area contributed by atoms with Gasteiger partial charge >= 0.3 is 0 Å². The van der Waals surface area contributed by atoms with E-state index in [1.54, 1.807) is 13.2 Å². The summed E-state index contributed by atoms with van der Waals surface area (Å²) in [5.41, 5.74) is 0.865. The van der Waals surface area contributed by atoms with Crippen LogP contribution in [0.4, 0.5) is 0 Å². The zero-order chi connectivity index (χ0) is 13.0. The first-order chi connectivity index (χ1) is 8.65. The Balaban J connectivity index is 1.76. The average molecular weight is 268 g/mol. The van der Waals surface area contributed by atoms with E-state index in [1.165, 1.54) is 18.2 Å². The topological polar surface area (TPSA) is 63.4 Å². The third kappa shape index (κ3) is 3.60. The van der Waals surface area contributed by atoms with Crippen molar-refractivity contribution in [3.8, 4) is 0 Å². The number of nitrogens with zero attached hydrogens (tertiary/aromatic N) is 2. The van der Waals surface area contributed by atoms with Crippen LogP contribution in [0.1, 0.15) is 19.0 Å². The van der Waals surface area contributed by atoms with Crippen LogP contribution in [-0.2, 0) is 16.0 Å². The lowest BCUT2D eigenvalue weighted by atomic mass is 10.1. The Labute approximate surface area is 110 Å². The highest BCUT2D eigenvalue weighted by molar-refractivity contribution is 8.13. The van der Waals surface area contributed by atoms with Crippen LogP contribution >= 0.6 is 11.8 Å². The zero-order valence-corrected chi connectivity index (χ0v) is 11.1. The lowest BCUT2D eigenvalue weighted by Crippen LogP contribution is -2.27. The maximum Gasteiger partial charge on any atom is 0.222 e. The molecule has 2 heterocycles. The van der Waals surface area contributed by atoms with Gasteiger partial charge in [0.05, 0.1) is 5.69 Å². The third-order valence-electron chi connectivity index (χ3n) is 2.94. The Morgan fingerprint density at radius 2 is 2.50 bits per heavy atom. The molecule has 1 unspecified atom stereocenters. The minimum Gasteiger partial charge on any atom is -0.451 e. The van der Waals surface area contributed by atoms with Crippen molar-refractivity contribution in [1.82, 2.24) is 9.88 Å². The lowest BCUT2D eigenvalue weighted by Gasteiger charge is -2.15. The van der Waals surface area contributed by atoms with Gasteiger partial charge in [-0.2, -0.15) is 0 Å². The SMILES string of the molecule is CC(=O)SCC1CC(=O)N(CCc2cocn2)C1. The molecule has 2 rings (SSSR count). The number of aromatic nitrogens is 1. The van der Waals surface area contributed by atoms with E-state index in [0.717, 1.165) is 24.4 Å². The van der Waals surface area contributed by atoms with Crippen LogP contribution < -0.4 is 0 Å². The molecule has 0 saturated carbocycles. The number of thioether (sulfide) groups is 1. The predicted molar refractivity (Wildman–Crippen MR) is 68.0 cm³/mol. The van der Waals surface area contributed by atoms with E-state index < -0.39 is 0 Å². The summed E-state index contributed by atoms with van der Waals surface area (Å²) in [5, 5.41) is 0.114. The van der Waals surface area contributed by atoms with E-state index >= 15 is 0 Å². The van der Waals surface area contributed by atoms with Gasteiger partial charge in [-0.05, 0) is 5.92 Å². The molecule has 0 bridgehead atoms. The van der Waals surface area contributed by atoms with Crippen molar-refractivity contribution in [2.45, 2.75) is 19.8 Å². The summed E-state index contributed by atoms with van der Waals surface area (Å²) in [4.78, 5) is 28.5. The molecule has 1 fully saturated rings. The van der Waals surface area contributed by atoms with E-state index in [1.807, 2.05) is 4.90 Å². The number of hydrogen-bond acceptors (Lipinski definition) is 5. The number of amides is 1. The number of rotatable bonds is 5. The highest BCUT2D eigenvalue weighted by Crippen LogP contribution is 2.22. The molecule has 0 aliphatic carbocycles. The van der Waals surface area contributed by atoms with Crippen molar-refractivity contribution < 1.29 is 14.0 Å². The summed E-state index contributed by atoms with van der Waals surface area (Å²) < 4.78 is 4.89. The van der Waals surface area contributed by atoms with Crippen LogP contribution in [0.2, 0.25) is 0 Å². The van der Waals surface area contributed by atoms with Crippen LogP contribution in [0.5, 0.6) is 0 Å². The molecule has 1 aromatic heterocycles. The van der Waals surface area contributed by atoms with Crippen molar-refractivity contribution >= 4 is 22.8 Å². The summed E-state index contributed by atoms with van der Waals surface area (Å²) in [7, 11) is 0. The number of likely N-dealkylation sites (tertiary alicyclic amines) is 1. The van der Waals surface area contributed by atoms with Gasteiger partial charge < -0.3 is 9.32 Å². The van der Waals surface area contributed by atoms with Gasteiger partial charge in [0.1, 0.15) is 6.26 Å². The Hall–Kier alpha value is -1.30. The lowest BCUT2D eigenvalue weighted by molar-refractivity contribution is -0.127. The van der Waals surface area contributed by atoms with Gasteiger partial charge in [-0.15, -0.1) is 0 Å². The third-order valence-corrected chi connectivity index (χ3v) is 3.98. The smallest absolute Gasteiger partial charge is 0.222 e. The van der Waals surface area contributed by atoms with E-state index in [-0.39, 0.29) is 11.0 Å². The van der Waals surface area contributed by atoms with Crippen molar-refractivity contribution in [3.05, 3.63) is 18.4 Å². The first kappa shape index (κ1) is 13.1. The molecule has 0 aromatic carbocycles. The largest absolute Gasteiger partial charge is 0.451 e. The van der Waals surface area contributed by atoms with Crippen LogP contribution in [-0.4, -0.2) is 39.7 Å². The van der Waals surface area contributed by atoms with E-state index in [9.17, 15) is 9.59 Å². The molecule has 1 amide bonds. The van der Waals surface area contributed by atoms with Gasteiger partial charge in [0.2, 0.25) is 5.91 Å². The molecule has 0 radical (unpaired) electrons. The van der Waals surface area contributed by atoms with Gasteiger partial charge in [-0.25, -0.2) is 4.98 Å². The summed E-state index contributed by atoms with van der Waals surface area (Å²) >= 11 is 1.30. The molecular weight excluding hydrogens is 252 g/mol. The van der Waals surface area contributed by atoms with Gasteiger partial charge in [0, 0.05) is 38.6 Å². The van der Waals surface area contributed by atoms with E-state index in [4.69, 9.17) is 4.42 Å². The first-order valence-electron chi connectivity index (χ1n) is 5.93. The van der Waals surface area contributed by atoms with Gasteiger partial charge in [-0.1, -0.05) is 11.8 Å². The van der Waals surface area contributed by atoms with E-state index in [0.29, 0.717) is 18.9 Å². The summed E-state index contributed by atoms with van der Waals surface area (Å²) in [6, 6.07) is 0. The van der Waals surface area contributed by atoms with Gasteiger partial charge in [-0.3, -0.25) is 9.59 Å². The molecule has 6 heteroatoms. The van der Waals surface area contributed by atoms with Crippen molar-refractivity contribution in [2.24, 2.45) is 5.92 Å². The summed E-state index contributed by atoms with van der Waals surface area (Å²) in [6.07, 6.45) is 4.27. The fourth-order valence-corrected chi connectivity index (χ4v) is 2.72. The predicted octanol–water partition coefficient (Wildman–Crippen LogP) is 1.35. The Morgan fingerprint density at radius 3 is 3.17 bits per heavy atom. The number of carbonyl (C=O) groups excluding carboxylic acids is 2. The maximum atomic E-state index is 11.8. The van der Waals surface area contributed by atoms with Crippen molar-refractivity contribution in [3.63, 3.8) is 0 Å². The summed E-state index contributed by atoms with van der Waals surface area (Å²) in [6.45, 7) is 2.98. The quantitative estimate of drug-likeness (QED) is 0.806. The summed E-state index contributed by atoms with van der Waals surface area (Å²) in [5.74, 6) is 1.21. The average Bonchev–Trinajstić information content (AvgIpc) is 2.93. The Morgan fingerprint density at radius 1 is 1.67 bits per heavy atom. The molecule has 98 valence electrons. The first-order valence-corrected chi connectivity index (χ1v) is 6.92. The molecule has 1 atom stereocenters. The highest BCUT2D eigenvalue weighted by atomic mass is 32.2. The van der Waals surface area contributed by atoms with E-state index in [2.05, 4.69) is 4.98 Å². The second kappa shape index (κ2) is 6.04. The second-order valence-electron chi connectivity index (χ2n) is 4.44. The van der Waals surface area contributed by atoms with Crippen molar-refractivity contribution in [2.75, 3.05) is 18.8 Å². The molecule has 0 spiro atoms. The normalized spacial score (nSPS) is 19.5. The number of carbonyl (C=O) groups is 2. The van der Waals surface area contributed by atoms with Crippen molar-refractivity contribution in [1.29, 1.82) is 0 Å². The highest BCUT2D eigenvalue weighted by Gasteiger charge is 2.29. The fraction of sp³-hybridized carbons (Fsp3) is 0.583. The molecular formula is C12H16N2O3S. The number of oxazole rings is 1. The molecule has 1 aliphatic rings. The molecule has 0 N–H and O–H groups in total. The standard InChI is InChI=1S/C12H16N2O3S/c1-9(15)18-7-10-4-12(16)14(5-10)3-2-11-6-17-8-13-11/h6,8,10H,2-5,7H2,1H3. The van der Waals surface area contributed by atoms with Gasteiger partial charge in [0.15, 0.2) is 11.5 Å². The maximum absolute atomic E-state index is 11.8. The molecule has 1 saturated heterocycles. The van der Waals surface area contributed by atoms with Crippen LogP contribution in [0.25, 0.3) is 0 Å². The molecule has 1 aromatic rings. The van der Waals surface area contributed by atoms with Crippen LogP contribution in [0, 0.1) is 5.92 Å². The minimum absolute atomic E-state index is 0.114. The monoisotopic (exact) mass is 268 g/mol. The zero-order valence-electron chi connectivity index (χ0n) is 10.3. The Bertz CT molecular complexity index is 419. The molecule has 18 heavy (non-hydrogen) atoms. The van der Waals surface area contributed by atoms with Crippen LogP contribution in [0.15, 0.2) is 17.1 Å². The Kier molecular flexibility index (Phi) is 4.41. The van der Waals surface area contributed by atoms with Crippen LogP contribution in [0.3, 0.4) is 0 Å². The fourth-order valence-electron chi connectivity index (χ4n) is 2.03. The molecule has 5 nitrogen and oxygen atoms in total. The minimum atomic E-state index is 0.114. The molecule has 1 aliphatic heterocycles. The number of hydrogen-bond donors (Lipinski definition) is 0.